The monoisotopic (exact) mass is 524 g/mol. The predicted octanol–water partition coefficient (Wildman–Crippen LogP) is 3.22. The number of imidazole rings is 1. The fourth-order valence-electron chi connectivity index (χ4n) is 2.54. The fraction of sp³-hybridized carbons (Fsp3) is 0.200. The summed E-state index contributed by atoms with van der Waals surface area (Å²) in [5.41, 5.74) is 1.23. The van der Waals surface area contributed by atoms with Crippen molar-refractivity contribution >= 4 is 72.8 Å². The van der Waals surface area contributed by atoms with Gasteiger partial charge in [0.05, 0.1) is 5.52 Å². The Bertz CT molecular complexity index is 1110. The lowest BCUT2D eigenvalue weighted by atomic mass is 10.2. The van der Waals surface area contributed by atoms with Crippen molar-refractivity contribution in [1.82, 2.24) is 19.3 Å². The van der Waals surface area contributed by atoms with Crippen LogP contribution in [-0.4, -0.2) is 34.5 Å². The Morgan fingerprint density at radius 1 is 1.42 bits per heavy atom. The minimum Gasteiger partial charge on any atom is -0.352 e. The van der Waals surface area contributed by atoms with Crippen molar-refractivity contribution in [2.45, 2.75) is 23.7 Å². The number of para-hydroxylation sites is 1. The van der Waals surface area contributed by atoms with Crippen molar-refractivity contribution in [3.63, 3.8) is 0 Å². The Labute approximate surface area is 173 Å². The van der Waals surface area contributed by atoms with Gasteiger partial charge in [-0.1, -0.05) is 41.6 Å². The Morgan fingerprint density at radius 2 is 2.12 bits per heavy atom. The summed E-state index contributed by atoms with van der Waals surface area (Å²) in [5, 5.41) is 3.62. The number of halogens is 2. The van der Waals surface area contributed by atoms with Gasteiger partial charge >= 0.3 is 0 Å². The lowest BCUT2D eigenvalue weighted by Crippen LogP contribution is -2.20. The number of hydrogen-bond donors (Lipinski definition) is 2. The lowest BCUT2D eigenvalue weighted by Gasteiger charge is -2.08. The van der Waals surface area contributed by atoms with Gasteiger partial charge in [-0.3, -0.25) is 4.79 Å². The summed E-state index contributed by atoms with van der Waals surface area (Å²) >= 11 is 9.30. The topological polar surface area (TPSA) is 96.8 Å². The van der Waals surface area contributed by atoms with E-state index in [-0.39, 0.29) is 22.6 Å². The molecule has 0 saturated carbocycles. The molecule has 138 valence electrons. The Morgan fingerprint density at radius 3 is 2.73 bits per heavy atom. The van der Waals surface area contributed by atoms with Crippen LogP contribution in [0.15, 0.2) is 34.4 Å². The third-order valence-corrected chi connectivity index (χ3v) is 7.79. The number of nitrogens with one attached hydrogen (secondary N) is 2. The molecule has 1 aromatic carbocycles. The van der Waals surface area contributed by atoms with E-state index in [0.717, 1.165) is 10.9 Å². The van der Waals surface area contributed by atoms with Crippen LogP contribution in [0.3, 0.4) is 0 Å². The van der Waals surface area contributed by atoms with Gasteiger partial charge in [-0.15, -0.1) is 0 Å². The number of aromatic amines is 1. The molecule has 11 heteroatoms. The molecule has 0 aliphatic carbocycles. The van der Waals surface area contributed by atoms with Crippen molar-refractivity contribution < 1.29 is 13.2 Å². The van der Waals surface area contributed by atoms with E-state index in [9.17, 15) is 13.2 Å². The number of thioether (sulfide) groups is 1. The standard InChI is InChI=1S/C15H14ClIN4O3S2/c1-8(22)18-7-10-9-5-3-4-6-11(9)21(13(10)17)26(23,24)14-12(16)19-15(20-14)25-2/h3-6H,7H2,1-2H3,(H,18,22)(H,19,20). The summed E-state index contributed by atoms with van der Waals surface area (Å²) in [5.74, 6) is -0.193. The van der Waals surface area contributed by atoms with Crippen LogP contribution >= 0.6 is 46.0 Å². The van der Waals surface area contributed by atoms with E-state index in [4.69, 9.17) is 11.6 Å². The first-order valence-electron chi connectivity index (χ1n) is 7.34. The zero-order valence-corrected chi connectivity index (χ0v) is 18.3. The van der Waals surface area contributed by atoms with Crippen LogP contribution in [0.4, 0.5) is 0 Å². The van der Waals surface area contributed by atoms with Crippen LogP contribution < -0.4 is 5.32 Å². The first kappa shape index (κ1) is 19.5. The normalized spacial score (nSPS) is 11.8. The summed E-state index contributed by atoms with van der Waals surface area (Å²) in [4.78, 5) is 18.1. The highest BCUT2D eigenvalue weighted by atomic mass is 127. The number of rotatable bonds is 5. The zero-order chi connectivity index (χ0) is 19.1. The van der Waals surface area contributed by atoms with Crippen LogP contribution in [0.1, 0.15) is 12.5 Å². The fourth-order valence-corrected chi connectivity index (χ4v) is 6.39. The molecular weight excluding hydrogens is 511 g/mol. The second-order valence-corrected chi connectivity index (χ2v) is 9.23. The number of carbonyl (C=O) groups excluding carboxylic acids is 1. The minimum atomic E-state index is -4.00. The molecule has 7 nitrogen and oxygen atoms in total. The van der Waals surface area contributed by atoms with E-state index in [1.54, 1.807) is 18.4 Å². The van der Waals surface area contributed by atoms with Gasteiger partial charge in [-0.2, -0.15) is 8.42 Å². The second kappa shape index (κ2) is 7.41. The molecule has 0 atom stereocenters. The van der Waals surface area contributed by atoms with Gasteiger partial charge < -0.3 is 10.3 Å². The molecule has 0 spiro atoms. The van der Waals surface area contributed by atoms with Gasteiger partial charge in [-0.05, 0) is 34.9 Å². The predicted molar refractivity (Wildman–Crippen MR) is 110 cm³/mol. The van der Waals surface area contributed by atoms with Gasteiger partial charge in [0.15, 0.2) is 15.3 Å². The maximum Gasteiger partial charge on any atom is 0.287 e. The molecule has 0 unspecified atom stereocenters. The van der Waals surface area contributed by atoms with E-state index in [1.165, 1.54) is 22.7 Å². The average Bonchev–Trinajstić information content (AvgIpc) is 3.10. The number of nitrogens with zero attached hydrogens (tertiary/aromatic N) is 2. The number of amides is 1. The molecule has 0 bridgehead atoms. The van der Waals surface area contributed by atoms with Crippen molar-refractivity contribution in [3.05, 3.63) is 38.7 Å². The number of fused-ring (bicyclic) bond motifs is 1. The second-order valence-electron chi connectivity index (χ2n) is 5.33. The highest BCUT2D eigenvalue weighted by molar-refractivity contribution is 14.1. The van der Waals surface area contributed by atoms with Crippen LogP contribution in [-0.2, 0) is 21.4 Å². The number of benzene rings is 1. The van der Waals surface area contributed by atoms with Crippen LogP contribution in [0, 0.1) is 3.70 Å². The zero-order valence-electron chi connectivity index (χ0n) is 13.7. The van der Waals surface area contributed by atoms with E-state index in [1.807, 2.05) is 34.7 Å². The molecule has 3 rings (SSSR count). The van der Waals surface area contributed by atoms with Crippen molar-refractivity contribution in [1.29, 1.82) is 0 Å². The molecule has 26 heavy (non-hydrogen) atoms. The molecular formula is C15H14ClIN4O3S2. The first-order chi connectivity index (χ1) is 12.3. The van der Waals surface area contributed by atoms with Gasteiger partial charge in [0.25, 0.3) is 10.0 Å². The lowest BCUT2D eigenvalue weighted by molar-refractivity contribution is -0.119. The van der Waals surface area contributed by atoms with Gasteiger partial charge in [0, 0.05) is 24.4 Å². The molecule has 0 saturated heterocycles. The molecule has 2 N–H and O–H groups in total. The van der Waals surface area contributed by atoms with Gasteiger partial charge in [0.1, 0.15) is 3.70 Å². The highest BCUT2D eigenvalue weighted by Crippen LogP contribution is 2.33. The Hall–Kier alpha value is -1.24. The summed E-state index contributed by atoms with van der Waals surface area (Å²) in [7, 11) is -4.00. The average molecular weight is 525 g/mol. The van der Waals surface area contributed by atoms with Crippen molar-refractivity contribution in [3.8, 4) is 0 Å². The minimum absolute atomic E-state index is 0.105. The van der Waals surface area contributed by atoms with Crippen LogP contribution in [0.2, 0.25) is 5.15 Å². The molecule has 1 amide bonds. The largest absolute Gasteiger partial charge is 0.352 e. The summed E-state index contributed by atoms with van der Waals surface area (Å²) in [6.45, 7) is 1.64. The molecule has 0 fully saturated rings. The molecule has 0 aliphatic heterocycles. The van der Waals surface area contributed by atoms with Crippen LogP contribution in [0.5, 0.6) is 0 Å². The maximum absolute atomic E-state index is 13.3. The van der Waals surface area contributed by atoms with Crippen molar-refractivity contribution in [2.75, 3.05) is 6.26 Å². The molecule has 2 heterocycles. The SMILES string of the molecule is CSc1nc(Cl)c(S(=O)(=O)n2c(I)c(CNC(C)=O)c3ccccc32)[nH]1. The van der Waals surface area contributed by atoms with Gasteiger partial charge in [-0.25, -0.2) is 8.96 Å². The number of hydrogen-bond acceptors (Lipinski definition) is 5. The van der Waals surface area contributed by atoms with E-state index >= 15 is 0 Å². The van der Waals surface area contributed by atoms with E-state index in [2.05, 4.69) is 15.3 Å². The van der Waals surface area contributed by atoms with Crippen molar-refractivity contribution in [2.24, 2.45) is 0 Å². The molecule has 2 aromatic heterocycles. The smallest absolute Gasteiger partial charge is 0.287 e. The first-order valence-corrected chi connectivity index (χ1v) is 11.5. The van der Waals surface area contributed by atoms with E-state index in [0.29, 0.717) is 14.4 Å². The third-order valence-electron chi connectivity index (χ3n) is 3.69. The van der Waals surface area contributed by atoms with Crippen LogP contribution in [0.25, 0.3) is 10.9 Å². The summed E-state index contributed by atoms with van der Waals surface area (Å²) < 4.78 is 28.3. The quantitative estimate of drug-likeness (QED) is 0.395. The highest BCUT2D eigenvalue weighted by Gasteiger charge is 2.30. The number of H-pyrrole nitrogens is 1. The Balaban J connectivity index is 2.25. The maximum atomic E-state index is 13.3. The third kappa shape index (κ3) is 3.35. The Kier molecular flexibility index (Phi) is 5.56. The number of carbonyl (C=O) groups is 1. The summed E-state index contributed by atoms with van der Waals surface area (Å²) in [6, 6.07) is 7.12. The molecule has 3 aromatic rings. The number of aromatic nitrogens is 3. The molecule has 0 aliphatic rings. The van der Waals surface area contributed by atoms with E-state index < -0.39 is 10.0 Å². The summed E-state index contributed by atoms with van der Waals surface area (Å²) in [6.07, 6.45) is 1.77. The van der Waals surface area contributed by atoms with Gasteiger partial charge in [0.2, 0.25) is 5.91 Å². The molecule has 0 radical (unpaired) electrons.